The number of aryl methyl sites for hydroxylation is 1. The summed E-state index contributed by atoms with van der Waals surface area (Å²) in [5.41, 5.74) is 2.65. The monoisotopic (exact) mass is 260 g/mol. The van der Waals surface area contributed by atoms with Gasteiger partial charge in [0.15, 0.2) is 0 Å². The Bertz CT molecular complexity index is 425. The number of benzene rings is 1. The Morgan fingerprint density at radius 3 is 2.53 bits per heavy atom. The third kappa shape index (κ3) is 3.57. The lowest BCUT2D eigenvalue weighted by Gasteiger charge is -2.21. The van der Waals surface area contributed by atoms with E-state index in [2.05, 4.69) is 36.5 Å². The van der Waals surface area contributed by atoms with Crippen molar-refractivity contribution in [2.24, 2.45) is 0 Å². The van der Waals surface area contributed by atoms with E-state index in [4.69, 9.17) is 0 Å². The number of rotatable bonds is 5. The number of hydrogen-bond donors (Lipinski definition) is 1. The minimum absolute atomic E-state index is 0.0944. The molecule has 1 aromatic rings. The highest BCUT2D eigenvalue weighted by atomic mass is 16.2. The van der Waals surface area contributed by atoms with Crippen molar-refractivity contribution in [1.82, 2.24) is 10.2 Å². The van der Waals surface area contributed by atoms with Crippen LogP contribution in [0.25, 0.3) is 0 Å². The van der Waals surface area contributed by atoms with Crippen LogP contribution in [0.15, 0.2) is 24.3 Å². The highest BCUT2D eigenvalue weighted by molar-refractivity contribution is 5.81. The van der Waals surface area contributed by atoms with Gasteiger partial charge in [0.1, 0.15) is 0 Å². The molecule has 0 radical (unpaired) electrons. The Morgan fingerprint density at radius 1 is 1.26 bits per heavy atom. The molecule has 1 amide bonds. The number of nitrogens with one attached hydrogen (secondary N) is 1. The minimum atomic E-state index is -0.0944. The molecule has 1 unspecified atom stereocenters. The van der Waals surface area contributed by atoms with E-state index in [-0.39, 0.29) is 11.9 Å². The zero-order valence-electron chi connectivity index (χ0n) is 12.0. The number of carbonyl (C=O) groups is 1. The lowest BCUT2D eigenvalue weighted by atomic mass is 10.1. The van der Waals surface area contributed by atoms with Crippen LogP contribution >= 0.6 is 0 Å². The van der Waals surface area contributed by atoms with Crippen molar-refractivity contribution < 1.29 is 4.79 Å². The molecule has 0 saturated carbocycles. The van der Waals surface area contributed by atoms with Gasteiger partial charge in [0, 0.05) is 19.6 Å². The predicted octanol–water partition coefficient (Wildman–Crippen LogP) is 2.35. The Labute approximate surface area is 116 Å². The summed E-state index contributed by atoms with van der Waals surface area (Å²) in [7, 11) is 0. The first-order chi connectivity index (χ1) is 9.22. The highest BCUT2D eigenvalue weighted by Gasteiger charge is 2.22. The third-order valence-corrected chi connectivity index (χ3v) is 3.89. The van der Waals surface area contributed by atoms with Gasteiger partial charge in [-0.1, -0.05) is 31.2 Å². The maximum Gasteiger partial charge on any atom is 0.239 e. The Balaban J connectivity index is 1.88. The van der Waals surface area contributed by atoms with E-state index in [0.29, 0.717) is 0 Å². The SMILES string of the molecule is CCc1ccccc1CNC(C)C(=O)N1CCCC1. The first-order valence-electron chi connectivity index (χ1n) is 7.31. The zero-order valence-corrected chi connectivity index (χ0v) is 12.0. The van der Waals surface area contributed by atoms with Crippen LogP contribution in [0.4, 0.5) is 0 Å². The predicted molar refractivity (Wildman–Crippen MR) is 77.9 cm³/mol. The van der Waals surface area contributed by atoms with Gasteiger partial charge in [0.2, 0.25) is 5.91 Å². The third-order valence-electron chi connectivity index (χ3n) is 3.89. The number of hydrogen-bond acceptors (Lipinski definition) is 2. The molecule has 1 atom stereocenters. The van der Waals surface area contributed by atoms with Crippen LogP contribution < -0.4 is 5.32 Å². The normalized spacial score (nSPS) is 16.6. The van der Waals surface area contributed by atoms with Gasteiger partial charge in [-0.2, -0.15) is 0 Å². The quantitative estimate of drug-likeness (QED) is 0.881. The van der Waals surface area contributed by atoms with E-state index in [1.807, 2.05) is 11.8 Å². The van der Waals surface area contributed by atoms with Crippen LogP contribution in [0.2, 0.25) is 0 Å². The van der Waals surface area contributed by atoms with Crippen LogP contribution in [0, 0.1) is 0 Å². The van der Waals surface area contributed by atoms with Gasteiger partial charge in [-0.05, 0) is 37.3 Å². The van der Waals surface area contributed by atoms with Crippen LogP contribution in [0.5, 0.6) is 0 Å². The summed E-state index contributed by atoms with van der Waals surface area (Å²) in [6.45, 7) is 6.75. The number of likely N-dealkylation sites (tertiary alicyclic amines) is 1. The van der Waals surface area contributed by atoms with Crippen molar-refractivity contribution in [1.29, 1.82) is 0 Å². The molecule has 1 N–H and O–H groups in total. The largest absolute Gasteiger partial charge is 0.341 e. The topological polar surface area (TPSA) is 32.3 Å². The fourth-order valence-electron chi connectivity index (χ4n) is 2.64. The highest BCUT2D eigenvalue weighted by Crippen LogP contribution is 2.11. The van der Waals surface area contributed by atoms with Gasteiger partial charge < -0.3 is 10.2 Å². The second-order valence-electron chi connectivity index (χ2n) is 5.26. The molecule has 2 rings (SSSR count). The Hall–Kier alpha value is -1.35. The molecular weight excluding hydrogens is 236 g/mol. The molecule has 19 heavy (non-hydrogen) atoms. The Kier molecular flexibility index (Phi) is 4.97. The molecule has 1 aliphatic rings. The molecule has 1 fully saturated rings. The van der Waals surface area contributed by atoms with Gasteiger partial charge >= 0.3 is 0 Å². The van der Waals surface area contributed by atoms with E-state index in [1.54, 1.807) is 0 Å². The second-order valence-corrected chi connectivity index (χ2v) is 5.26. The van der Waals surface area contributed by atoms with E-state index in [1.165, 1.54) is 11.1 Å². The molecule has 0 aliphatic carbocycles. The summed E-state index contributed by atoms with van der Waals surface area (Å²) in [5, 5.41) is 3.36. The molecular formula is C16H24N2O. The van der Waals surface area contributed by atoms with Crippen LogP contribution in [0.3, 0.4) is 0 Å². The maximum absolute atomic E-state index is 12.2. The number of amides is 1. The summed E-state index contributed by atoms with van der Waals surface area (Å²) in [5.74, 6) is 0.242. The molecule has 3 heteroatoms. The van der Waals surface area contributed by atoms with Gasteiger partial charge in [0.05, 0.1) is 6.04 Å². The van der Waals surface area contributed by atoms with Crippen molar-refractivity contribution in [3.8, 4) is 0 Å². The van der Waals surface area contributed by atoms with Crippen molar-refractivity contribution in [2.75, 3.05) is 13.1 Å². The van der Waals surface area contributed by atoms with Crippen molar-refractivity contribution in [2.45, 2.75) is 45.7 Å². The number of carbonyl (C=O) groups excluding carboxylic acids is 1. The lowest BCUT2D eigenvalue weighted by Crippen LogP contribution is -2.43. The van der Waals surface area contributed by atoms with Gasteiger partial charge in [-0.15, -0.1) is 0 Å². The maximum atomic E-state index is 12.2. The van der Waals surface area contributed by atoms with E-state index in [9.17, 15) is 4.79 Å². The Morgan fingerprint density at radius 2 is 1.89 bits per heavy atom. The molecule has 1 heterocycles. The fourth-order valence-corrected chi connectivity index (χ4v) is 2.64. The molecule has 0 bridgehead atoms. The minimum Gasteiger partial charge on any atom is -0.341 e. The molecule has 1 aliphatic heterocycles. The second kappa shape index (κ2) is 6.71. The summed E-state index contributed by atoms with van der Waals surface area (Å²) in [6, 6.07) is 8.33. The zero-order chi connectivity index (χ0) is 13.7. The molecule has 3 nitrogen and oxygen atoms in total. The van der Waals surface area contributed by atoms with Crippen molar-refractivity contribution in [3.63, 3.8) is 0 Å². The van der Waals surface area contributed by atoms with Crippen LogP contribution in [-0.4, -0.2) is 29.9 Å². The molecule has 1 saturated heterocycles. The number of nitrogens with zero attached hydrogens (tertiary/aromatic N) is 1. The van der Waals surface area contributed by atoms with Crippen molar-refractivity contribution >= 4 is 5.91 Å². The van der Waals surface area contributed by atoms with E-state index < -0.39 is 0 Å². The molecule has 0 spiro atoms. The van der Waals surface area contributed by atoms with Gasteiger partial charge in [0.25, 0.3) is 0 Å². The van der Waals surface area contributed by atoms with Crippen LogP contribution in [-0.2, 0) is 17.8 Å². The average molecular weight is 260 g/mol. The summed E-state index contributed by atoms with van der Waals surface area (Å²) in [6.07, 6.45) is 3.33. The standard InChI is InChI=1S/C16H24N2O/c1-3-14-8-4-5-9-15(14)12-17-13(2)16(19)18-10-6-7-11-18/h4-5,8-9,13,17H,3,6-7,10-12H2,1-2H3. The van der Waals surface area contributed by atoms with Gasteiger partial charge in [-0.25, -0.2) is 0 Å². The first-order valence-corrected chi connectivity index (χ1v) is 7.31. The summed E-state index contributed by atoms with van der Waals surface area (Å²) in [4.78, 5) is 14.2. The summed E-state index contributed by atoms with van der Waals surface area (Å²) >= 11 is 0. The molecule has 104 valence electrons. The van der Waals surface area contributed by atoms with Crippen LogP contribution in [0.1, 0.15) is 37.8 Å². The fraction of sp³-hybridized carbons (Fsp3) is 0.562. The smallest absolute Gasteiger partial charge is 0.239 e. The molecule has 0 aromatic heterocycles. The first kappa shape index (κ1) is 14.1. The average Bonchev–Trinajstić information content (AvgIpc) is 2.98. The van der Waals surface area contributed by atoms with Crippen molar-refractivity contribution in [3.05, 3.63) is 35.4 Å². The lowest BCUT2D eigenvalue weighted by molar-refractivity contribution is -0.131. The van der Waals surface area contributed by atoms with Gasteiger partial charge in [-0.3, -0.25) is 4.79 Å². The summed E-state index contributed by atoms with van der Waals surface area (Å²) < 4.78 is 0. The van der Waals surface area contributed by atoms with E-state index >= 15 is 0 Å². The molecule has 1 aromatic carbocycles. The van der Waals surface area contributed by atoms with E-state index in [0.717, 1.165) is 38.9 Å².